The summed E-state index contributed by atoms with van der Waals surface area (Å²) in [5.41, 5.74) is 12.0. The molecule has 0 bridgehead atoms. The molecule has 0 aliphatic heterocycles. The zero-order chi connectivity index (χ0) is 32.1. The van der Waals surface area contributed by atoms with Gasteiger partial charge in [-0.25, -0.2) is 4.57 Å². The average Bonchev–Trinajstić information content (AvgIpc) is 3.71. The molecule has 0 unspecified atom stereocenters. The summed E-state index contributed by atoms with van der Waals surface area (Å²) in [7, 11) is 2.19. The van der Waals surface area contributed by atoms with Gasteiger partial charge in [0.25, 0.3) is 5.82 Å². The molecule has 4 nitrogen and oxygen atoms in total. The second kappa shape index (κ2) is 10.1. The van der Waals surface area contributed by atoms with Crippen LogP contribution in [0.5, 0.6) is 0 Å². The Morgan fingerprint density at radius 3 is 2.11 bits per heavy atom. The second-order valence-electron chi connectivity index (χ2n) is 13.7. The fraction of sp³-hybridized carbons (Fsp3) is 0.186. The van der Waals surface area contributed by atoms with Gasteiger partial charge in [-0.1, -0.05) is 94.4 Å². The number of benzene rings is 6. The predicted molar refractivity (Wildman–Crippen MR) is 195 cm³/mol. The molecule has 0 aliphatic rings. The monoisotopic (exact) mass is 613 g/mol. The Hall–Kier alpha value is -5.35. The van der Waals surface area contributed by atoms with Gasteiger partial charge in [-0.05, 0) is 71.5 Å². The first kappa shape index (κ1) is 27.9. The van der Waals surface area contributed by atoms with E-state index in [0.29, 0.717) is 0 Å². The number of aryl methyl sites for hydroxylation is 2. The Bertz CT molecular complexity index is 2720. The van der Waals surface area contributed by atoms with E-state index in [1.165, 1.54) is 38.5 Å². The van der Waals surface area contributed by atoms with Crippen LogP contribution in [0.1, 0.15) is 56.2 Å². The number of nitrogens with zero attached hydrogens (tertiary/aromatic N) is 2. The molecule has 6 aromatic carbocycles. The van der Waals surface area contributed by atoms with Gasteiger partial charge in [0.15, 0.2) is 16.6 Å². The van der Waals surface area contributed by atoms with Gasteiger partial charge in [0.2, 0.25) is 0 Å². The van der Waals surface area contributed by atoms with Crippen LogP contribution in [0, 0.1) is 6.92 Å². The molecule has 0 spiro atoms. The lowest BCUT2D eigenvalue weighted by molar-refractivity contribution is -0.633. The lowest BCUT2D eigenvalue weighted by Crippen LogP contribution is -2.30. The topological polar surface area (TPSA) is 35.1 Å². The van der Waals surface area contributed by atoms with Gasteiger partial charge in [0, 0.05) is 32.7 Å². The maximum Gasteiger partial charge on any atom is 0.299 e. The lowest BCUT2D eigenvalue weighted by atomic mass is 9.89. The summed E-state index contributed by atoms with van der Waals surface area (Å²) in [6.45, 7) is 11.4. The third-order valence-electron chi connectivity index (χ3n) is 10.1. The number of fused-ring (bicyclic) bond motifs is 8. The molecular weight excluding hydrogens is 576 g/mol. The molecule has 0 saturated heterocycles. The third-order valence-corrected chi connectivity index (χ3v) is 10.1. The van der Waals surface area contributed by atoms with Gasteiger partial charge in [-0.3, -0.25) is 0 Å². The number of furan rings is 2. The lowest BCUT2D eigenvalue weighted by Gasteiger charge is -2.19. The van der Waals surface area contributed by atoms with E-state index in [4.69, 9.17) is 8.83 Å². The third kappa shape index (κ3) is 3.91. The molecule has 0 fully saturated rings. The van der Waals surface area contributed by atoms with E-state index in [-0.39, 0.29) is 11.8 Å². The Morgan fingerprint density at radius 1 is 0.617 bits per heavy atom. The summed E-state index contributed by atoms with van der Waals surface area (Å²) in [6, 6.07) is 37.0. The van der Waals surface area contributed by atoms with Crippen molar-refractivity contribution in [3.63, 3.8) is 0 Å². The molecule has 3 aromatic heterocycles. The average molecular weight is 614 g/mol. The zero-order valence-corrected chi connectivity index (χ0v) is 27.7. The molecule has 3 heterocycles. The van der Waals surface area contributed by atoms with Crippen molar-refractivity contribution in [1.29, 1.82) is 0 Å². The van der Waals surface area contributed by atoms with E-state index in [2.05, 4.69) is 154 Å². The van der Waals surface area contributed by atoms with Crippen LogP contribution in [0.25, 0.3) is 82.8 Å². The number of imidazole rings is 1. The number of hydrogen-bond acceptors (Lipinski definition) is 2. The van der Waals surface area contributed by atoms with Gasteiger partial charge in [0.05, 0.1) is 7.05 Å². The molecule has 0 atom stereocenters. The molecule has 0 saturated carbocycles. The standard InChI is InChI=1S/C43H37N2O2/c1-24(2)31-23-33-29-15-9-12-18-36(29)46-42(33)38(25(3)4)40(31)45-35-17-11-10-16-34(35)44(6)43(45)39-26(5)19-20-30-32-21-27-13-7-8-14-28(27)22-37(32)47-41(30)39/h7-25H,1-6H3/q+1. The van der Waals surface area contributed by atoms with Gasteiger partial charge in [-0.15, -0.1) is 0 Å². The minimum absolute atomic E-state index is 0.210. The molecule has 9 aromatic rings. The largest absolute Gasteiger partial charge is 0.456 e. The fourth-order valence-electron chi connectivity index (χ4n) is 7.84. The maximum atomic E-state index is 6.89. The molecule has 0 N–H and O–H groups in total. The van der Waals surface area contributed by atoms with Crippen LogP contribution in [0.3, 0.4) is 0 Å². The van der Waals surface area contributed by atoms with Crippen molar-refractivity contribution in [2.45, 2.75) is 46.5 Å². The first-order valence-electron chi connectivity index (χ1n) is 16.6. The minimum atomic E-state index is 0.210. The van der Waals surface area contributed by atoms with Crippen LogP contribution < -0.4 is 4.57 Å². The Kier molecular flexibility index (Phi) is 5.98. The smallest absolute Gasteiger partial charge is 0.299 e. The van der Waals surface area contributed by atoms with E-state index < -0.39 is 0 Å². The summed E-state index contributed by atoms with van der Waals surface area (Å²) < 4.78 is 18.5. The molecule has 0 amide bonds. The molecule has 0 aliphatic carbocycles. The van der Waals surface area contributed by atoms with Crippen LogP contribution in [-0.4, -0.2) is 4.57 Å². The highest BCUT2D eigenvalue weighted by Crippen LogP contribution is 2.45. The predicted octanol–water partition coefficient (Wildman–Crippen LogP) is 11.6. The van der Waals surface area contributed by atoms with Crippen molar-refractivity contribution >= 4 is 65.7 Å². The van der Waals surface area contributed by atoms with E-state index in [9.17, 15) is 0 Å². The maximum absolute atomic E-state index is 6.89. The van der Waals surface area contributed by atoms with E-state index >= 15 is 0 Å². The zero-order valence-electron chi connectivity index (χ0n) is 27.7. The summed E-state index contributed by atoms with van der Waals surface area (Å²) in [6.07, 6.45) is 0. The van der Waals surface area contributed by atoms with Gasteiger partial charge < -0.3 is 8.83 Å². The van der Waals surface area contributed by atoms with Gasteiger partial charge in [0.1, 0.15) is 28.0 Å². The van der Waals surface area contributed by atoms with Crippen molar-refractivity contribution < 1.29 is 13.4 Å². The van der Waals surface area contributed by atoms with Crippen molar-refractivity contribution in [2.24, 2.45) is 7.05 Å². The quantitative estimate of drug-likeness (QED) is 0.185. The summed E-state index contributed by atoms with van der Waals surface area (Å²) in [4.78, 5) is 0. The number of hydrogen-bond donors (Lipinski definition) is 0. The highest BCUT2D eigenvalue weighted by molar-refractivity contribution is 6.13. The van der Waals surface area contributed by atoms with Crippen LogP contribution in [0.2, 0.25) is 0 Å². The molecule has 230 valence electrons. The molecule has 47 heavy (non-hydrogen) atoms. The first-order chi connectivity index (χ1) is 22.8. The van der Waals surface area contributed by atoms with Gasteiger partial charge in [-0.2, -0.15) is 4.57 Å². The Morgan fingerprint density at radius 2 is 1.32 bits per heavy atom. The van der Waals surface area contributed by atoms with Crippen molar-refractivity contribution in [1.82, 2.24) is 4.57 Å². The Labute approximate surface area is 273 Å². The molecule has 9 rings (SSSR count). The van der Waals surface area contributed by atoms with Crippen LogP contribution in [-0.2, 0) is 7.05 Å². The van der Waals surface area contributed by atoms with Crippen molar-refractivity contribution in [3.05, 3.63) is 120 Å². The Balaban J connectivity index is 1.47. The number of rotatable bonds is 4. The molecule has 4 heteroatoms. The summed E-state index contributed by atoms with van der Waals surface area (Å²) in [5.74, 6) is 1.58. The normalized spacial score (nSPS) is 12.4. The number of para-hydroxylation sites is 3. The molecule has 0 radical (unpaired) electrons. The second-order valence-corrected chi connectivity index (χ2v) is 13.7. The first-order valence-corrected chi connectivity index (χ1v) is 16.6. The summed E-state index contributed by atoms with van der Waals surface area (Å²) in [5, 5.41) is 7.01. The summed E-state index contributed by atoms with van der Waals surface area (Å²) >= 11 is 0. The highest BCUT2D eigenvalue weighted by atomic mass is 16.3. The van der Waals surface area contributed by atoms with Gasteiger partial charge >= 0.3 is 0 Å². The van der Waals surface area contributed by atoms with Crippen LogP contribution >= 0.6 is 0 Å². The van der Waals surface area contributed by atoms with Crippen molar-refractivity contribution in [3.8, 4) is 17.1 Å². The van der Waals surface area contributed by atoms with Crippen LogP contribution in [0.4, 0.5) is 0 Å². The van der Waals surface area contributed by atoms with Crippen molar-refractivity contribution in [2.75, 3.05) is 0 Å². The van der Waals surface area contributed by atoms with E-state index in [1.54, 1.807) is 0 Å². The van der Waals surface area contributed by atoms with Crippen LogP contribution in [0.15, 0.2) is 112 Å². The SMILES string of the molecule is Cc1ccc2c(oc3cc4ccccc4cc32)c1-c1n(-c2c(C(C)C)cc3c(oc4ccccc43)c2C(C)C)c2ccccc2[n+]1C. The van der Waals surface area contributed by atoms with E-state index in [0.717, 1.165) is 60.9 Å². The highest BCUT2D eigenvalue weighted by Gasteiger charge is 2.35. The fourth-order valence-corrected chi connectivity index (χ4v) is 7.84. The molecular formula is C43H37N2O2+. The van der Waals surface area contributed by atoms with E-state index in [1.807, 2.05) is 0 Å². The minimum Gasteiger partial charge on any atom is -0.456 e. The number of aromatic nitrogens is 2.